The fourth-order valence-electron chi connectivity index (χ4n) is 2.82. The molecule has 1 atom stereocenters. The molecule has 0 aliphatic rings. The molecule has 0 saturated heterocycles. The Hall–Kier alpha value is -2.40. The number of benzene rings is 2. The van der Waals surface area contributed by atoms with Crippen LogP contribution in [-0.2, 0) is 6.42 Å². The molecule has 2 aromatic carbocycles. The molecule has 0 saturated carbocycles. The van der Waals surface area contributed by atoms with Crippen molar-refractivity contribution < 1.29 is 9.21 Å². The molecule has 3 aromatic rings. The molecular weight excluding hydrogens is 344 g/mol. The van der Waals surface area contributed by atoms with Crippen LogP contribution in [0.5, 0.6) is 0 Å². The van der Waals surface area contributed by atoms with Crippen molar-refractivity contribution in [2.24, 2.45) is 0 Å². The number of nitrogens with zero attached hydrogens (tertiary/aromatic N) is 2. The molecule has 0 aliphatic heterocycles. The maximum absolute atomic E-state index is 12.6. The van der Waals surface area contributed by atoms with Crippen molar-refractivity contribution in [3.8, 4) is 11.5 Å². The van der Waals surface area contributed by atoms with E-state index in [4.69, 9.17) is 4.42 Å². The van der Waals surface area contributed by atoms with Crippen LogP contribution in [-0.4, -0.2) is 21.2 Å². The van der Waals surface area contributed by atoms with Crippen molar-refractivity contribution in [2.75, 3.05) is 0 Å². The SMILES string of the molecule is CCc1ccc(C(=O)[C@@H](C)Sc2nnc(-c3cc(C)cc(C)c3)o2)cc1. The Labute approximate surface area is 158 Å². The number of carbonyl (C=O) groups excluding carboxylic acids is 1. The summed E-state index contributed by atoms with van der Waals surface area (Å²) in [7, 11) is 0. The molecule has 1 heterocycles. The molecule has 134 valence electrons. The van der Waals surface area contributed by atoms with Crippen LogP contribution < -0.4 is 0 Å². The van der Waals surface area contributed by atoms with Gasteiger partial charge in [0.25, 0.3) is 5.22 Å². The molecule has 0 amide bonds. The minimum absolute atomic E-state index is 0.0591. The Morgan fingerprint density at radius 2 is 1.73 bits per heavy atom. The highest BCUT2D eigenvalue weighted by Gasteiger charge is 2.20. The van der Waals surface area contributed by atoms with E-state index in [9.17, 15) is 4.79 Å². The maximum atomic E-state index is 12.6. The fourth-order valence-corrected chi connectivity index (χ4v) is 3.58. The largest absolute Gasteiger partial charge is 0.411 e. The lowest BCUT2D eigenvalue weighted by Crippen LogP contribution is -2.13. The number of hydrogen-bond acceptors (Lipinski definition) is 5. The predicted molar refractivity (Wildman–Crippen MR) is 105 cm³/mol. The first-order valence-electron chi connectivity index (χ1n) is 8.68. The molecule has 0 spiro atoms. The zero-order valence-electron chi connectivity index (χ0n) is 15.4. The van der Waals surface area contributed by atoms with E-state index in [2.05, 4.69) is 23.2 Å². The number of rotatable bonds is 6. The van der Waals surface area contributed by atoms with Gasteiger partial charge in [-0.1, -0.05) is 60.1 Å². The van der Waals surface area contributed by atoms with E-state index in [-0.39, 0.29) is 11.0 Å². The van der Waals surface area contributed by atoms with Crippen LogP contribution in [0.25, 0.3) is 11.5 Å². The summed E-state index contributed by atoms with van der Waals surface area (Å²) in [5, 5.41) is 8.33. The van der Waals surface area contributed by atoms with Crippen molar-refractivity contribution in [1.29, 1.82) is 0 Å². The zero-order valence-corrected chi connectivity index (χ0v) is 16.3. The average molecular weight is 366 g/mol. The summed E-state index contributed by atoms with van der Waals surface area (Å²) in [4.78, 5) is 12.6. The van der Waals surface area contributed by atoms with Crippen LogP contribution in [0.2, 0.25) is 0 Å². The normalized spacial score (nSPS) is 12.2. The second-order valence-corrected chi connectivity index (χ2v) is 7.72. The summed E-state index contributed by atoms with van der Waals surface area (Å²) in [6.45, 7) is 8.03. The maximum Gasteiger partial charge on any atom is 0.277 e. The third-order valence-electron chi connectivity index (χ3n) is 4.17. The van der Waals surface area contributed by atoms with Gasteiger partial charge in [0.2, 0.25) is 5.89 Å². The number of hydrogen-bond donors (Lipinski definition) is 0. The first-order valence-corrected chi connectivity index (χ1v) is 9.56. The predicted octanol–water partition coefficient (Wildman–Crippen LogP) is 5.28. The lowest BCUT2D eigenvalue weighted by Gasteiger charge is -2.08. The third kappa shape index (κ3) is 4.22. The standard InChI is InChI=1S/C21H22N2O2S/c1-5-16-6-8-17(9-7-16)19(24)15(4)26-21-23-22-20(25-21)18-11-13(2)10-14(3)12-18/h6-12,15H,5H2,1-4H3/t15-/m1/s1. The number of thioether (sulfide) groups is 1. The van der Waals surface area contributed by atoms with E-state index in [1.165, 1.54) is 17.3 Å². The number of carbonyl (C=O) groups is 1. The van der Waals surface area contributed by atoms with E-state index in [1.807, 2.05) is 57.2 Å². The van der Waals surface area contributed by atoms with Crippen LogP contribution in [0.3, 0.4) is 0 Å². The highest BCUT2D eigenvalue weighted by Crippen LogP contribution is 2.28. The topological polar surface area (TPSA) is 56.0 Å². The van der Waals surface area contributed by atoms with E-state index in [0.29, 0.717) is 16.7 Å². The highest BCUT2D eigenvalue weighted by atomic mass is 32.2. The quantitative estimate of drug-likeness (QED) is 0.439. The minimum Gasteiger partial charge on any atom is -0.411 e. The van der Waals surface area contributed by atoms with Crippen LogP contribution in [0.4, 0.5) is 0 Å². The average Bonchev–Trinajstić information content (AvgIpc) is 3.09. The van der Waals surface area contributed by atoms with Gasteiger partial charge in [0.05, 0.1) is 5.25 Å². The molecule has 5 heteroatoms. The summed E-state index contributed by atoms with van der Waals surface area (Å²) >= 11 is 1.29. The van der Waals surface area contributed by atoms with Crippen LogP contribution in [0.15, 0.2) is 52.1 Å². The van der Waals surface area contributed by atoms with Crippen molar-refractivity contribution in [2.45, 2.75) is 44.6 Å². The lowest BCUT2D eigenvalue weighted by molar-refractivity contribution is 0.0993. The summed E-state index contributed by atoms with van der Waals surface area (Å²) in [5.74, 6) is 0.537. The van der Waals surface area contributed by atoms with Crippen LogP contribution in [0.1, 0.15) is 40.9 Å². The zero-order chi connectivity index (χ0) is 18.7. The van der Waals surface area contributed by atoms with Gasteiger partial charge in [0, 0.05) is 11.1 Å². The Morgan fingerprint density at radius 3 is 2.35 bits per heavy atom. The smallest absolute Gasteiger partial charge is 0.277 e. The van der Waals surface area contributed by atoms with Crippen LogP contribution in [0, 0.1) is 13.8 Å². The second-order valence-electron chi connectivity index (χ2n) is 6.42. The van der Waals surface area contributed by atoms with Crippen molar-refractivity contribution >= 4 is 17.5 Å². The number of ketones is 1. The summed E-state index contributed by atoms with van der Waals surface area (Å²) in [6, 6.07) is 13.9. The molecule has 0 aliphatic carbocycles. The molecule has 0 N–H and O–H groups in total. The Morgan fingerprint density at radius 1 is 1.08 bits per heavy atom. The van der Waals surface area contributed by atoms with Gasteiger partial charge in [0.1, 0.15) is 0 Å². The van der Waals surface area contributed by atoms with Gasteiger partial charge in [-0.15, -0.1) is 10.2 Å². The van der Waals surface area contributed by atoms with Gasteiger partial charge >= 0.3 is 0 Å². The van der Waals surface area contributed by atoms with E-state index in [0.717, 1.165) is 23.1 Å². The molecule has 4 nitrogen and oxygen atoms in total. The Kier molecular flexibility index (Phi) is 5.57. The Balaban J connectivity index is 1.72. The number of aryl methyl sites for hydroxylation is 3. The first-order chi connectivity index (χ1) is 12.5. The van der Waals surface area contributed by atoms with E-state index in [1.54, 1.807) is 0 Å². The van der Waals surface area contributed by atoms with E-state index >= 15 is 0 Å². The summed E-state index contributed by atoms with van der Waals surface area (Å²) < 4.78 is 5.76. The number of aromatic nitrogens is 2. The van der Waals surface area contributed by atoms with Gasteiger partial charge in [0.15, 0.2) is 5.78 Å². The van der Waals surface area contributed by atoms with Gasteiger partial charge in [-0.3, -0.25) is 4.79 Å². The molecular formula is C21H22N2O2S. The first kappa shape index (κ1) is 18.4. The van der Waals surface area contributed by atoms with Crippen molar-refractivity contribution in [1.82, 2.24) is 10.2 Å². The minimum atomic E-state index is -0.296. The molecule has 0 unspecified atom stereocenters. The van der Waals surface area contributed by atoms with Gasteiger partial charge in [-0.05, 0) is 44.9 Å². The third-order valence-corrected chi connectivity index (χ3v) is 5.10. The summed E-state index contributed by atoms with van der Waals surface area (Å²) in [5.41, 5.74) is 5.11. The molecule has 0 fully saturated rings. The monoisotopic (exact) mass is 366 g/mol. The molecule has 0 bridgehead atoms. The molecule has 26 heavy (non-hydrogen) atoms. The molecule has 0 radical (unpaired) electrons. The lowest BCUT2D eigenvalue weighted by atomic mass is 10.1. The van der Waals surface area contributed by atoms with Crippen LogP contribution >= 0.6 is 11.8 Å². The van der Waals surface area contributed by atoms with Crippen molar-refractivity contribution in [3.05, 3.63) is 64.7 Å². The van der Waals surface area contributed by atoms with E-state index < -0.39 is 0 Å². The van der Waals surface area contributed by atoms with Gasteiger partial charge in [-0.25, -0.2) is 0 Å². The Bertz CT molecular complexity index is 896. The molecule has 3 rings (SSSR count). The number of Topliss-reactive ketones (excluding diaryl/α,β-unsaturated/α-hetero) is 1. The fraction of sp³-hybridized carbons (Fsp3) is 0.286. The summed E-state index contributed by atoms with van der Waals surface area (Å²) in [6.07, 6.45) is 0.960. The van der Waals surface area contributed by atoms with Crippen molar-refractivity contribution in [3.63, 3.8) is 0 Å². The second kappa shape index (κ2) is 7.87. The van der Waals surface area contributed by atoms with Gasteiger partial charge in [-0.2, -0.15) is 0 Å². The molecule has 1 aromatic heterocycles. The van der Waals surface area contributed by atoms with Gasteiger partial charge < -0.3 is 4.42 Å². The highest BCUT2D eigenvalue weighted by molar-refractivity contribution is 8.00.